The molecule has 10 nitrogen and oxygen atoms in total. The third kappa shape index (κ3) is 6.09. The number of carbonyl (C=O) groups excluding carboxylic acids is 1. The van der Waals surface area contributed by atoms with Crippen LogP contribution < -0.4 is 9.47 Å². The molecule has 2 aliphatic heterocycles. The third-order valence-electron chi connectivity index (χ3n) is 7.22. The molecule has 5 heterocycles. The van der Waals surface area contributed by atoms with Crippen molar-refractivity contribution < 1.29 is 14.3 Å². The Morgan fingerprint density at radius 2 is 1.88 bits per heavy atom. The topological polar surface area (TPSA) is 98.5 Å². The van der Waals surface area contributed by atoms with E-state index in [2.05, 4.69) is 31.1 Å². The summed E-state index contributed by atoms with van der Waals surface area (Å²) in [6.07, 6.45) is 3.48. The molecule has 1 fully saturated rings. The van der Waals surface area contributed by atoms with Crippen LogP contribution in [0.25, 0.3) is 17.1 Å². The van der Waals surface area contributed by atoms with E-state index in [0.29, 0.717) is 40.5 Å². The number of hydrogen-bond donors (Lipinski definition) is 0. The van der Waals surface area contributed by atoms with Crippen LogP contribution in [-0.2, 0) is 12.3 Å². The monoisotopic (exact) mass is 631 g/mol. The van der Waals surface area contributed by atoms with E-state index in [0.717, 1.165) is 47.4 Å². The first-order chi connectivity index (χ1) is 21.1. The van der Waals surface area contributed by atoms with E-state index in [-0.39, 0.29) is 12.7 Å². The first kappa shape index (κ1) is 27.8. The molecule has 0 bridgehead atoms. The molecular formula is C30H26ClN7O3S2. The van der Waals surface area contributed by atoms with Gasteiger partial charge in [0.15, 0.2) is 22.5 Å². The molecule has 3 aromatic heterocycles. The van der Waals surface area contributed by atoms with Crippen LogP contribution in [0.15, 0.2) is 77.5 Å². The number of fused-ring (bicyclic) bond motifs is 1. The van der Waals surface area contributed by atoms with Gasteiger partial charge in [-0.3, -0.25) is 19.2 Å². The van der Waals surface area contributed by atoms with Crippen LogP contribution in [0, 0.1) is 0 Å². The minimum Gasteiger partial charge on any atom is -0.454 e. The van der Waals surface area contributed by atoms with Gasteiger partial charge in [0.1, 0.15) is 10.7 Å². The lowest BCUT2D eigenvalue weighted by atomic mass is 10.1. The molecule has 5 aromatic rings. The van der Waals surface area contributed by atoms with Crippen LogP contribution >= 0.6 is 34.7 Å². The van der Waals surface area contributed by atoms with Crippen molar-refractivity contribution in [3.05, 3.63) is 93.7 Å². The second kappa shape index (κ2) is 12.3. The normalized spacial score (nSPS) is 14.8. The molecule has 0 unspecified atom stereocenters. The zero-order chi connectivity index (χ0) is 29.2. The SMILES string of the molecule is O=C(c1csc(CSc2nnc(-c3cccnc3)n2-c2cccc(Cl)c2)n1)N1CCN(Cc2ccc3c(c2)OCO3)CC1. The van der Waals surface area contributed by atoms with Gasteiger partial charge in [0.2, 0.25) is 6.79 Å². The third-order valence-corrected chi connectivity index (χ3v) is 9.42. The Labute approximate surface area is 261 Å². The highest BCUT2D eigenvalue weighted by Gasteiger charge is 2.25. The van der Waals surface area contributed by atoms with Crippen LogP contribution in [0.3, 0.4) is 0 Å². The second-order valence-corrected chi connectivity index (χ2v) is 12.4. The molecule has 0 N–H and O–H groups in total. The Morgan fingerprint density at radius 1 is 1.00 bits per heavy atom. The lowest BCUT2D eigenvalue weighted by molar-refractivity contribution is 0.0623. The molecule has 0 saturated carbocycles. The number of hydrogen-bond acceptors (Lipinski definition) is 10. The zero-order valence-corrected chi connectivity index (χ0v) is 25.3. The molecule has 43 heavy (non-hydrogen) atoms. The number of ether oxygens (including phenoxy) is 2. The van der Waals surface area contributed by atoms with Gasteiger partial charge >= 0.3 is 0 Å². The maximum absolute atomic E-state index is 13.3. The summed E-state index contributed by atoms with van der Waals surface area (Å²) in [7, 11) is 0. The fraction of sp³-hybridized carbons (Fsp3) is 0.233. The van der Waals surface area contributed by atoms with Gasteiger partial charge in [-0.25, -0.2) is 4.98 Å². The highest BCUT2D eigenvalue weighted by atomic mass is 35.5. The predicted octanol–water partition coefficient (Wildman–Crippen LogP) is 5.42. The summed E-state index contributed by atoms with van der Waals surface area (Å²) in [4.78, 5) is 26.4. The van der Waals surface area contributed by atoms with Crippen molar-refractivity contribution >= 4 is 40.6 Å². The number of halogens is 1. The number of nitrogens with zero attached hydrogens (tertiary/aromatic N) is 7. The van der Waals surface area contributed by atoms with Gasteiger partial charge in [0.25, 0.3) is 5.91 Å². The number of carbonyl (C=O) groups is 1. The van der Waals surface area contributed by atoms with Gasteiger partial charge in [-0.1, -0.05) is 35.5 Å². The minimum absolute atomic E-state index is 0.0313. The summed E-state index contributed by atoms with van der Waals surface area (Å²) in [5.74, 6) is 2.77. The predicted molar refractivity (Wildman–Crippen MR) is 165 cm³/mol. The molecule has 2 aromatic carbocycles. The summed E-state index contributed by atoms with van der Waals surface area (Å²) < 4.78 is 12.9. The summed E-state index contributed by atoms with van der Waals surface area (Å²) >= 11 is 9.31. The molecule has 0 atom stereocenters. The summed E-state index contributed by atoms with van der Waals surface area (Å²) in [6.45, 7) is 3.99. The van der Waals surface area contributed by atoms with E-state index in [9.17, 15) is 4.79 Å². The van der Waals surface area contributed by atoms with Gasteiger partial charge in [-0.15, -0.1) is 21.5 Å². The average molecular weight is 632 g/mol. The molecule has 0 aliphatic carbocycles. The zero-order valence-electron chi connectivity index (χ0n) is 22.9. The number of thiazole rings is 1. The van der Waals surface area contributed by atoms with Crippen molar-refractivity contribution in [2.75, 3.05) is 33.0 Å². The standard InChI is InChI=1S/C30H26ClN7O3S2/c31-22-4-1-5-23(14-22)38-28(21-3-2-8-32-15-21)34-35-30(38)43-18-27-33-24(17-42-27)29(39)37-11-9-36(10-12-37)16-20-6-7-25-26(13-20)41-19-40-25/h1-8,13-15,17H,9-12,16,18-19H2. The molecule has 13 heteroatoms. The van der Waals surface area contributed by atoms with Crippen molar-refractivity contribution in [2.24, 2.45) is 0 Å². The fourth-order valence-corrected chi connectivity index (χ4v) is 6.99. The largest absolute Gasteiger partial charge is 0.454 e. The smallest absolute Gasteiger partial charge is 0.273 e. The Bertz CT molecular complexity index is 1760. The number of aromatic nitrogens is 5. The van der Waals surface area contributed by atoms with Gasteiger partial charge in [-0.05, 0) is 48.0 Å². The average Bonchev–Trinajstić information content (AvgIpc) is 3.80. The van der Waals surface area contributed by atoms with Crippen molar-refractivity contribution in [1.29, 1.82) is 0 Å². The Balaban J connectivity index is 0.990. The van der Waals surface area contributed by atoms with E-state index < -0.39 is 0 Å². The van der Waals surface area contributed by atoms with E-state index in [4.69, 9.17) is 21.1 Å². The number of piperazine rings is 1. The molecule has 1 amide bonds. The Kier molecular flexibility index (Phi) is 7.98. The van der Waals surface area contributed by atoms with Gasteiger partial charge in [0.05, 0.1) is 11.4 Å². The lowest BCUT2D eigenvalue weighted by Gasteiger charge is -2.34. The van der Waals surface area contributed by atoms with Crippen molar-refractivity contribution in [3.8, 4) is 28.6 Å². The second-order valence-electron chi connectivity index (χ2n) is 10.0. The van der Waals surface area contributed by atoms with E-state index in [1.165, 1.54) is 28.7 Å². The molecular weight excluding hydrogens is 606 g/mol. The summed E-state index contributed by atoms with van der Waals surface area (Å²) in [5.41, 5.74) is 3.35. The fourth-order valence-electron chi connectivity index (χ4n) is 5.06. The maximum Gasteiger partial charge on any atom is 0.273 e. The molecule has 0 radical (unpaired) electrons. The first-order valence-corrected chi connectivity index (χ1v) is 15.9. The van der Waals surface area contributed by atoms with Gasteiger partial charge in [-0.2, -0.15) is 0 Å². The van der Waals surface area contributed by atoms with E-state index in [1.807, 2.05) is 63.4 Å². The first-order valence-electron chi connectivity index (χ1n) is 13.7. The molecule has 2 aliphatic rings. The number of pyridine rings is 1. The van der Waals surface area contributed by atoms with Gasteiger partial charge < -0.3 is 14.4 Å². The van der Waals surface area contributed by atoms with Crippen molar-refractivity contribution in [2.45, 2.75) is 17.5 Å². The quantitative estimate of drug-likeness (QED) is 0.208. The van der Waals surface area contributed by atoms with Crippen molar-refractivity contribution in [3.63, 3.8) is 0 Å². The maximum atomic E-state index is 13.3. The molecule has 7 rings (SSSR count). The van der Waals surface area contributed by atoms with E-state index in [1.54, 1.807) is 12.4 Å². The van der Waals surface area contributed by atoms with Crippen LogP contribution in [-0.4, -0.2) is 73.4 Å². The number of rotatable bonds is 8. The highest BCUT2D eigenvalue weighted by Crippen LogP contribution is 2.33. The minimum atomic E-state index is -0.0313. The molecule has 218 valence electrons. The summed E-state index contributed by atoms with van der Waals surface area (Å²) in [6, 6.07) is 17.4. The number of thioether (sulfide) groups is 1. The summed E-state index contributed by atoms with van der Waals surface area (Å²) in [5, 5.41) is 12.9. The van der Waals surface area contributed by atoms with Crippen LogP contribution in [0.2, 0.25) is 5.02 Å². The van der Waals surface area contributed by atoms with Crippen LogP contribution in [0.1, 0.15) is 21.1 Å². The van der Waals surface area contributed by atoms with Crippen LogP contribution in [0.5, 0.6) is 11.5 Å². The van der Waals surface area contributed by atoms with Gasteiger partial charge in [0, 0.05) is 61.1 Å². The number of amides is 1. The molecule has 1 saturated heterocycles. The van der Waals surface area contributed by atoms with Crippen LogP contribution in [0.4, 0.5) is 0 Å². The molecule has 0 spiro atoms. The Hall–Kier alpha value is -3.97. The lowest BCUT2D eigenvalue weighted by Crippen LogP contribution is -2.48. The Morgan fingerprint density at radius 3 is 2.72 bits per heavy atom. The highest BCUT2D eigenvalue weighted by molar-refractivity contribution is 7.98. The van der Waals surface area contributed by atoms with Crippen molar-refractivity contribution in [1.82, 2.24) is 34.5 Å². The van der Waals surface area contributed by atoms with E-state index >= 15 is 0 Å². The number of benzene rings is 2.